The Morgan fingerprint density at radius 3 is 1.94 bits per heavy atom. The third-order valence-electron chi connectivity index (χ3n) is 4.29. The molecule has 2 heteroatoms. The monoisotopic (exact) mass is 248 g/mol. The van der Waals surface area contributed by atoms with E-state index in [4.69, 9.17) is 5.73 Å². The van der Waals surface area contributed by atoms with Gasteiger partial charge in [0, 0.05) is 12.1 Å². The molecular weight excluding hydrogens is 220 g/mol. The maximum absolute atomic E-state index is 6.45. The van der Waals surface area contributed by atoms with Crippen LogP contribution in [0.1, 0.15) is 52.5 Å². The Morgan fingerprint density at radius 1 is 1.00 bits per heavy atom. The highest BCUT2D eigenvalue weighted by atomic mass is 15.0. The van der Waals surface area contributed by atoms with Crippen LogP contribution in [-0.4, -0.2) is 12.1 Å². The van der Waals surface area contributed by atoms with Gasteiger partial charge in [-0.2, -0.15) is 0 Å². The van der Waals surface area contributed by atoms with Crippen molar-refractivity contribution in [3.8, 4) is 0 Å². The van der Waals surface area contributed by atoms with Gasteiger partial charge in [0.15, 0.2) is 0 Å². The molecule has 1 rings (SSSR count). The van der Waals surface area contributed by atoms with Crippen LogP contribution in [0.3, 0.4) is 0 Å². The van der Waals surface area contributed by atoms with Gasteiger partial charge < -0.3 is 11.1 Å². The molecule has 1 aromatic rings. The van der Waals surface area contributed by atoms with Gasteiger partial charge in [-0.1, -0.05) is 51.1 Å². The van der Waals surface area contributed by atoms with Gasteiger partial charge in [0.05, 0.1) is 5.54 Å². The quantitative estimate of drug-likeness (QED) is 0.776. The first kappa shape index (κ1) is 15.2. The Labute approximate surface area is 112 Å². The van der Waals surface area contributed by atoms with Crippen molar-refractivity contribution < 1.29 is 0 Å². The molecule has 0 spiro atoms. The van der Waals surface area contributed by atoms with Crippen molar-refractivity contribution in [2.24, 2.45) is 5.73 Å². The summed E-state index contributed by atoms with van der Waals surface area (Å²) in [6, 6.07) is 10.3. The van der Waals surface area contributed by atoms with Crippen molar-refractivity contribution >= 4 is 0 Å². The molecule has 0 saturated carbocycles. The van der Waals surface area contributed by atoms with E-state index in [0.717, 1.165) is 25.8 Å². The molecule has 0 bridgehead atoms. The van der Waals surface area contributed by atoms with Crippen molar-refractivity contribution in [1.29, 1.82) is 0 Å². The summed E-state index contributed by atoms with van der Waals surface area (Å²) >= 11 is 0. The SMILES string of the molecule is CCC(CC)(CC)NCC(C)(N)c1ccccc1. The predicted octanol–water partition coefficient (Wildman–Crippen LogP) is 3.42. The Bertz CT molecular complexity index is 331. The highest BCUT2D eigenvalue weighted by molar-refractivity contribution is 5.23. The van der Waals surface area contributed by atoms with E-state index in [9.17, 15) is 0 Å². The molecule has 3 N–H and O–H groups in total. The van der Waals surface area contributed by atoms with Gasteiger partial charge in [-0.25, -0.2) is 0 Å². The molecule has 2 nitrogen and oxygen atoms in total. The standard InChI is InChI=1S/C16H28N2/c1-5-16(6-2,7-3)18-13-15(4,17)14-11-9-8-10-12-14/h8-12,18H,5-7,13,17H2,1-4H3. The molecule has 0 aliphatic rings. The maximum Gasteiger partial charge on any atom is 0.0507 e. The van der Waals surface area contributed by atoms with Crippen LogP contribution in [0.2, 0.25) is 0 Å². The lowest BCUT2D eigenvalue weighted by Crippen LogP contribution is -2.52. The van der Waals surface area contributed by atoms with Crippen molar-refractivity contribution in [3.05, 3.63) is 35.9 Å². The minimum Gasteiger partial charge on any atom is -0.321 e. The molecule has 0 heterocycles. The summed E-state index contributed by atoms with van der Waals surface area (Å²) in [5, 5.41) is 3.70. The van der Waals surface area contributed by atoms with Crippen molar-refractivity contribution in [2.45, 2.75) is 58.0 Å². The van der Waals surface area contributed by atoms with Gasteiger partial charge in [0.1, 0.15) is 0 Å². The number of benzene rings is 1. The van der Waals surface area contributed by atoms with Crippen molar-refractivity contribution in [2.75, 3.05) is 6.54 Å². The van der Waals surface area contributed by atoms with E-state index in [0.29, 0.717) is 0 Å². The third kappa shape index (κ3) is 3.56. The average molecular weight is 248 g/mol. The van der Waals surface area contributed by atoms with Crippen LogP contribution in [-0.2, 0) is 5.54 Å². The van der Waals surface area contributed by atoms with Crippen molar-refractivity contribution in [1.82, 2.24) is 5.32 Å². The zero-order valence-corrected chi connectivity index (χ0v) is 12.3. The molecule has 1 unspecified atom stereocenters. The lowest BCUT2D eigenvalue weighted by Gasteiger charge is -2.36. The summed E-state index contributed by atoms with van der Waals surface area (Å²) in [5.74, 6) is 0. The van der Waals surface area contributed by atoms with Gasteiger partial charge >= 0.3 is 0 Å². The maximum atomic E-state index is 6.45. The molecule has 18 heavy (non-hydrogen) atoms. The summed E-state index contributed by atoms with van der Waals surface area (Å²) in [6.07, 6.45) is 3.43. The lowest BCUT2D eigenvalue weighted by molar-refractivity contribution is 0.261. The van der Waals surface area contributed by atoms with E-state index in [1.54, 1.807) is 0 Å². The van der Waals surface area contributed by atoms with E-state index in [1.807, 2.05) is 18.2 Å². The number of hydrogen-bond acceptors (Lipinski definition) is 2. The van der Waals surface area contributed by atoms with Crippen LogP contribution in [0, 0.1) is 0 Å². The zero-order chi connectivity index (χ0) is 13.6. The Hall–Kier alpha value is -0.860. The first-order valence-electron chi connectivity index (χ1n) is 7.09. The number of nitrogens with one attached hydrogen (secondary N) is 1. The Balaban J connectivity index is 2.72. The van der Waals surface area contributed by atoms with Crippen LogP contribution in [0.25, 0.3) is 0 Å². The second-order valence-corrected chi connectivity index (χ2v) is 5.48. The largest absolute Gasteiger partial charge is 0.321 e. The van der Waals surface area contributed by atoms with E-state index in [-0.39, 0.29) is 11.1 Å². The summed E-state index contributed by atoms with van der Waals surface area (Å²) in [5.41, 5.74) is 7.55. The summed E-state index contributed by atoms with van der Waals surface area (Å²) in [7, 11) is 0. The van der Waals surface area contributed by atoms with E-state index in [1.165, 1.54) is 5.56 Å². The molecule has 0 fully saturated rings. The van der Waals surface area contributed by atoms with Gasteiger partial charge in [-0.05, 0) is 31.7 Å². The van der Waals surface area contributed by atoms with Gasteiger partial charge in [0.25, 0.3) is 0 Å². The summed E-state index contributed by atoms with van der Waals surface area (Å²) in [4.78, 5) is 0. The smallest absolute Gasteiger partial charge is 0.0507 e. The van der Waals surface area contributed by atoms with Gasteiger partial charge in [-0.3, -0.25) is 0 Å². The minimum atomic E-state index is -0.313. The Morgan fingerprint density at radius 2 is 1.50 bits per heavy atom. The molecule has 0 amide bonds. The highest BCUT2D eigenvalue weighted by Crippen LogP contribution is 2.22. The van der Waals surface area contributed by atoms with E-state index < -0.39 is 0 Å². The second kappa shape index (κ2) is 6.35. The van der Waals surface area contributed by atoms with Gasteiger partial charge in [0.2, 0.25) is 0 Å². The van der Waals surface area contributed by atoms with Crippen LogP contribution >= 0.6 is 0 Å². The highest BCUT2D eigenvalue weighted by Gasteiger charge is 2.28. The first-order chi connectivity index (χ1) is 8.49. The van der Waals surface area contributed by atoms with Gasteiger partial charge in [-0.15, -0.1) is 0 Å². The van der Waals surface area contributed by atoms with Crippen LogP contribution in [0.5, 0.6) is 0 Å². The molecular formula is C16H28N2. The van der Waals surface area contributed by atoms with Crippen molar-refractivity contribution in [3.63, 3.8) is 0 Å². The fourth-order valence-electron chi connectivity index (χ4n) is 2.42. The molecule has 0 aliphatic heterocycles. The summed E-state index contributed by atoms with van der Waals surface area (Å²) < 4.78 is 0. The molecule has 0 saturated heterocycles. The minimum absolute atomic E-state index is 0.232. The lowest BCUT2D eigenvalue weighted by atomic mass is 9.87. The number of hydrogen-bond donors (Lipinski definition) is 2. The predicted molar refractivity (Wildman–Crippen MR) is 79.6 cm³/mol. The van der Waals surface area contributed by atoms with E-state index >= 15 is 0 Å². The van der Waals surface area contributed by atoms with Crippen LogP contribution in [0.4, 0.5) is 0 Å². The molecule has 0 aromatic heterocycles. The number of rotatable bonds is 7. The Kier molecular flexibility index (Phi) is 5.36. The van der Waals surface area contributed by atoms with Crippen LogP contribution < -0.4 is 11.1 Å². The molecule has 0 radical (unpaired) electrons. The fraction of sp³-hybridized carbons (Fsp3) is 0.625. The topological polar surface area (TPSA) is 38.0 Å². The summed E-state index contributed by atoms with van der Waals surface area (Å²) in [6.45, 7) is 9.65. The van der Waals surface area contributed by atoms with E-state index in [2.05, 4.69) is 45.1 Å². The molecule has 1 atom stereocenters. The second-order valence-electron chi connectivity index (χ2n) is 5.48. The molecule has 1 aromatic carbocycles. The third-order valence-corrected chi connectivity index (χ3v) is 4.29. The fourth-order valence-corrected chi connectivity index (χ4v) is 2.42. The average Bonchev–Trinajstić information content (AvgIpc) is 2.42. The normalized spacial score (nSPS) is 15.4. The zero-order valence-electron chi connectivity index (χ0n) is 12.3. The molecule has 0 aliphatic carbocycles. The van der Waals surface area contributed by atoms with Crippen LogP contribution in [0.15, 0.2) is 30.3 Å². The first-order valence-corrected chi connectivity index (χ1v) is 7.09. The number of nitrogens with two attached hydrogens (primary N) is 1. The molecule has 102 valence electrons.